The molecule has 1 saturated heterocycles. The maximum Gasteiger partial charge on any atom is 0.399 e. The number of Topliss-reactive ketones (excluding diaryl/α,β-unsaturated/α-hetero) is 1. The Balaban J connectivity index is 0.000000952. The molecule has 0 radical (unpaired) electrons. The summed E-state index contributed by atoms with van der Waals surface area (Å²) in [5.74, 6) is -2.10. The van der Waals surface area contributed by atoms with E-state index in [0.29, 0.717) is 71.4 Å². The standard InChI is InChI=1S/C44H51N5O9S.C6H15N/c1-8-27-24-43(4,5)47(9-2)33-22-36-31(20-29(27)33)40(32-21-30-28(26-59(54,55)56)25-44(6,7)48(10-3)34(30)23-37(32)57-36)41-45-17-19-46(41)18-13-11-12-14-35(50)42(53)58-49-38(51)15-16-39(49)52;1-4-7(5-2)6-3/h17,19-25H,8-16,18,26H2,1-7H3;4-6H2,1-3H3/p+1. The molecule has 0 aliphatic carbocycles. The quantitative estimate of drug-likeness (QED) is 0.0518. The zero-order chi connectivity index (χ0) is 48.3. The Kier molecular flexibility index (Phi) is 15.3. The Morgan fingerprint density at radius 1 is 0.864 bits per heavy atom. The van der Waals surface area contributed by atoms with Crippen LogP contribution in [0.25, 0.3) is 16.7 Å². The van der Waals surface area contributed by atoms with E-state index in [9.17, 15) is 32.1 Å². The number of aromatic nitrogens is 2. The third-order valence-corrected chi connectivity index (χ3v) is 13.8. The molecule has 2 aromatic carbocycles. The van der Waals surface area contributed by atoms with Crippen LogP contribution < -0.4 is 29.7 Å². The topological polar surface area (TPSA) is 176 Å². The van der Waals surface area contributed by atoms with Crippen LogP contribution in [0.4, 0.5) is 5.69 Å². The number of nitrogens with one attached hydrogen (secondary N) is 1. The number of rotatable bonds is 17. The molecule has 356 valence electrons. The predicted octanol–water partition coefficient (Wildman–Crippen LogP) is 4.55. The van der Waals surface area contributed by atoms with Crippen LogP contribution >= 0.6 is 0 Å². The summed E-state index contributed by atoms with van der Waals surface area (Å²) in [6, 6.07) is 8.17. The number of carbonyl (C=O) groups is 4. The molecule has 1 aromatic heterocycles. The van der Waals surface area contributed by atoms with Crippen LogP contribution in [0.5, 0.6) is 11.5 Å². The number of hydrogen-bond acceptors (Lipinski definition) is 11. The number of amides is 2. The molecule has 7 rings (SSSR count). The number of anilines is 1. The number of quaternary nitrogens is 1. The number of benzene rings is 2. The third-order valence-electron chi connectivity index (χ3n) is 13.2. The molecule has 0 saturated carbocycles. The zero-order valence-corrected chi connectivity index (χ0v) is 41.2. The van der Waals surface area contributed by atoms with Gasteiger partial charge in [0.2, 0.25) is 11.1 Å². The molecule has 0 unspecified atom stereocenters. The molecule has 66 heavy (non-hydrogen) atoms. The monoisotopic (exact) mass is 927 g/mol. The maximum absolute atomic E-state index is 12.5. The lowest BCUT2D eigenvalue weighted by Gasteiger charge is -2.43. The molecule has 1 fully saturated rings. The minimum Gasteiger partial charge on any atom is -0.748 e. The first-order chi connectivity index (χ1) is 31.2. The van der Waals surface area contributed by atoms with Crippen LogP contribution in [0, 0.1) is 0 Å². The highest BCUT2D eigenvalue weighted by Gasteiger charge is 2.38. The van der Waals surface area contributed by atoms with Gasteiger partial charge in [-0.3, -0.25) is 14.4 Å². The number of carbonyl (C=O) groups excluding carboxylic acids is 4. The van der Waals surface area contributed by atoms with Crippen LogP contribution in [0.3, 0.4) is 0 Å². The van der Waals surface area contributed by atoms with Crippen LogP contribution in [-0.2, 0) is 40.7 Å². The number of imidazole rings is 1. The molecule has 5 heterocycles. The fraction of sp³-hybridized carbons (Fsp3) is 0.520. The molecule has 4 aliphatic rings. The van der Waals surface area contributed by atoms with E-state index < -0.39 is 45.0 Å². The number of unbranched alkanes of at least 4 members (excludes halogenated alkanes) is 2. The minimum absolute atomic E-state index is 0.0590. The number of hydrogen-bond donors (Lipinski definition) is 1. The highest BCUT2D eigenvalue weighted by Crippen LogP contribution is 2.46. The fourth-order valence-electron chi connectivity index (χ4n) is 9.81. The summed E-state index contributed by atoms with van der Waals surface area (Å²) in [5.41, 5.74) is 4.82. The molecule has 15 nitrogen and oxygen atoms in total. The first kappa shape index (κ1) is 50.0. The lowest BCUT2D eigenvalue weighted by Crippen LogP contribution is -3.11. The van der Waals surface area contributed by atoms with Gasteiger partial charge in [-0.15, -0.1) is 5.06 Å². The smallest absolute Gasteiger partial charge is 0.399 e. The van der Waals surface area contributed by atoms with E-state index in [2.05, 4.69) is 76.2 Å². The minimum atomic E-state index is -4.62. The highest BCUT2D eigenvalue weighted by molar-refractivity contribution is 7.86. The summed E-state index contributed by atoms with van der Waals surface area (Å²) in [6.45, 7) is 27.1. The van der Waals surface area contributed by atoms with E-state index in [-0.39, 0.29) is 24.8 Å². The Morgan fingerprint density at radius 3 is 2.14 bits per heavy atom. The van der Waals surface area contributed by atoms with E-state index in [1.54, 1.807) is 11.1 Å². The van der Waals surface area contributed by atoms with Crippen molar-refractivity contribution in [1.82, 2.24) is 19.2 Å². The number of nitrogens with zero attached hydrogens (tertiary/aromatic N) is 5. The van der Waals surface area contributed by atoms with Crippen molar-refractivity contribution in [2.45, 2.75) is 132 Å². The Bertz CT molecular complexity index is 2690. The normalized spacial score (nSPS) is 17.0. The average molecular weight is 928 g/mol. The second-order valence-electron chi connectivity index (χ2n) is 18.3. The molecule has 4 aliphatic heterocycles. The van der Waals surface area contributed by atoms with Gasteiger partial charge in [0.05, 0.1) is 47.1 Å². The maximum atomic E-state index is 12.5. The van der Waals surface area contributed by atoms with Crippen LogP contribution in [0.2, 0.25) is 0 Å². The van der Waals surface area contributed by atoms with Gasteiger partial charge in [-0.1, -0.05) is 19.4 Å². The molecule has 0 bridgehead atoms. The molecule has 2 amide bonds. The first-order valence-electron chi connectivity index (χ1n) is 23.5. The number of hydroxylamine groups is 2. The summed E-state index contributed by atoms with van der Waals surface area (Å²) < 4.78 is 48.2. The van der Waals surface area contributed by atoms with Gasteiger partial charge in [0.25, 0.3) is 11.8 Å². The number of imide groups is 1. The van der Waals surface area contributed by atoms with Crippen molar-refractivity contribution in [2.24, 2.45) is 0 Å². The summed E-state index contributed by atoms with van der Waals surface area (Å²) in [5, 5.41) is 2.27. The van der Waals surface area contributed by atoms with Gasteiger partial charge in [-0.25, -0.2) is 22.8 Å². The third kappa shape index (κ3) is 10.4. The molecular formula is C50H67N6O9S+. The van der Waals surface area contributed by atoms with Gasteiger partial charge < -0.3 is 28.5 Å². The van der Waals surface area contributed by atoms with Crippen LogP contribution in [-0.4, -0.2) is 101 Å². The van der Waals surface area contributed by atoms with Crippen molar-refractivity contribution in [3.63, 3.8) is 0 Å². The van der Waals surface area contributed by atoms with Gasteiger partial charge in [0.1, 0.15) is 23.9 Å². The molecule has 1 N–H and O–H groups in total. The van der Waals surface area contributed by atoms with Gasteiger partial charge in [0.15, 0.2) is 5.54 Å². The Labute approximate surface area is 389 Å². The molecule has 0 spiro atoms. The second kappa shape index (κ2) is 20.2. The van der Waals surface area contributed by atoms with Gasteiger partial charge >= 0.3 is 5.97 Å². The largest absolute Gasteiger partial charge is 0.748 e. The van der Waals surface area contributed by atoms with Crippen molar-refractivity contribution >= 4 is 56.1 Å². The number of allylic oxidation sites excluding steroid dienone is 1. The van der Waals surface area contributed by atoms with Crippen molar-refractivity contribution in [3.8, 4) is 11.5 Å². The molecule has 0 atom stereocenters. The summed E-state index contributed by atoms with van der Waals surface area (Å²) in [4.78, 5) is 62.0. The number of ether oxygens (including phenoxy) is 1. The van der Waals surface area contributed by atoms with E-state index in [1.807, 2.05) is 49.7 Å². The number of aryl methyl sites for hydroxylation is 1. The second-order valence-corrected chi connectivity index (χ2v) is 19.8. The van der Waals surface area contributed by atoms with Crippen molar-refractivity contribution in [2.75, 3.05) is 43.4 Å². The SMILES string of the molecule is CCC1=CC(C)(C)[N+](CC)=c2cc3c(cc21)=C(c1nccn1CCCCCC(=O)C(=O)ON1C(=O)CCC1=O)c1cc2c(cc1O3)N(CC)C(C)(C)C=C2CS(=O)(=O)[O-].CC[NH+](CC)CC. The number of likely N-dealkylation sites (N-methyl/N-ethyl adjacent to an activating group) is 2. The first-order valence-corrected chi connectivity index (χ1v) is 25.1. The van der Waals surface area contributed by atoms with Gasteiger partial charge in [-0.2, -0.15) is 0 Å². The van der Waals surface area contributed by atoms with E-state index >= 15 is 0 Å². The zero-order valence-electron chi connectivity index (χ0n) is 40.3. The van der Waals surface area contributed by atoms with E-state index in [1.165, 1.54) is 25.2 Å². The summed E-state index contributed by atoms with van der Waals surface area (Å²) >= 11 is 0. The number of ketones is 1. The lowest BCUT2D eigenvalue weighted by atomic mass is 9.85. The van der Waals surface area contributed by atoms with Gasteiger partial charge in [0, 0.05) is 97.8 Å². The predicted molar refractivity (Wildman–Crippen MR) is 253 cm³/mol. The van der Waals surface area contributed by atoms with Crippen molar-refractivity contribution in [1.29, 1.82) is 0 Å². The summed E-state index contributed by atoms with van der Waals surface area (Å²) in [6.07, 6.45) is 9.98. The van der Waals surface area contributed by atoms with Crippen molar-refractivity contribution in [3.05, 3.63) is 81.9 Å². The fourth-order valence-corrected chi connectivity index (χ4v) is 10.4. The van der Waals surface area contributed by atoms with Crippen LogP contribution in [0.15, 0.2) is 48.8 Å². The Morgan fingerprint density at radius 2 is 1.55 bits per heavy atom. The number of fused-ring (bicyclic) bond motifs is 4. The average Bonchev–Trinajstić information content (AvgIpc) is 3.85. The van der Waals surface area contributed by atoms with Gasteiger partial charge in [-0.05, 0) is 97.1 Å². The molecular weight excluding hydrogens is 861 g/mol. The lowest BCUT2D eigenvalue weighted by molar-refractivity contribution is -0.894. The molecule has 3 aromatic rings. The van der Waals surface area contributed by atoms with E-state index in [4.69, 9.17) is 14.6 Å². The van der Waals surface area contributed by atoms with Crippen molar-refractivity contribution < 1.29 is 46.6 Å². The molecule has 16 heteroatoms. The highest BCUT2D eigenvalue weighted by atomic mass is 32.2. The van der Waals surface area contributed by atoms with E-state index in [0.717, 1.165) is 40.4 Å². The van der Waals surface area contributed by atoms with Crippen LogP contribution in [0.1, 0.15) is 137 Å². The Hall–Kier alpha value is -5.45. The summed E-state index contributed by atoms with van der Waals surface area (Å²) in [7, 11) is -4.62.